The second-order valence-corrected chi connectivity index (χ2v) is 6.08. The van der Waals surface area contributed by atoms with Gasteiger partial charge in [-0.2, -0.15) is 5.26 Å². The van der Waals surface area contributed by atoms with Crippen LogP contribution in [0.25, 0.3) is 0 Å². The minimum Gasteiger partial charge on any atom is -0.297 e. The van der Waals surface area contributed by atoms with Crippen LogP contribution >= 0.6 is 0 Å². The van der Waals surface area contributed by atoms with E-state index in [1.54, 1.807) is 6.07 Å². The Balaban J connectivity index is 2.02. The van der Waals surface area contributed by atoms with Crippen LogP contribution in [0.5, 0.6) is 0 Å². The molecule has 20 heavy (non-hydrogen) atoms. The SMILES string of the molecule is CC(C#N)(Cc1cccc(F)c1)NC1CCCCCC1. The van der Waals surface area contributed by atoms with Crippen LogP contribution in [-0.2, 0) is 6.42 Å². The predicted molar refractivity (Wildman–Crippen MR) is 78.7 cm³/mol. The van der Waals surface area contributed by atoms with Crippen LogP contribution in [0.1, 0.15) is 51.0 Å². The molecule has 0 bridgehead atoms. The summed E-state index contributed by atoms with van der Waals surface area (Å²) in [6, 6.07) is 9.33. The molecule has 0 spiro atoms. The average Bonchev–Trinajstić information content (AvgIpc) is 2.67. The molecule has 0 saturated heterocycles. The van der Waals surface area contributed by atoms with Gasteiger partial charge in [-0.25, -0.2) is 4.39 Å². The smallest absolute Gasteiger partial charge is 0.123 e. The molecule has 1 aromatic rings. The zero-order valence-electron chi connectivity index (χ0n) is 12.2. The summed E-state index contributed by atoms with van der Waals surface area (Å²) in [5, 5.41) is 13.0. The lowest BCUT2D eigenvalue weighted by molar-refractivity contribution is 0.348. The van der Waals surface area contributed by atoms with Gasteiger partial charge in [0.1, 0.15) is 11.4 Å². The molecule has 1 unspecified atom stereocenters. The molecule has 108 valence electrons. The van der Waals surface area contributed by atoms with E-state index in [1.807, 2.05) is 13.0 Å². The van der Waals surface area contributed by atoms with E-state index in [2.05, 4.69) is 11.4 Å². The Morgan fingerprint density at radius 3 is 2.60 bits per heavy atom. The van der Waals surface area contributed by atoms with Gasteiger partial charge in [-0.15, -0.1) is 0 Å². The molecular weight excluding hydrogens is 251 g/mol. The average molecular weight is 274 g/mol. The number of nitrogens with one attached hydrogen (secondary N) is 1. The highest BCUT2D eigenvalue weighted by atomic mass is 19.1. The van der Waals surface area contributed by atoms with Crippen molar-refractivity contribution in [2.75, 3.05) is 0 Å². The molecule has 3 heteroatoms. The van der Waals surface area contributed by atoms with Gasteiger partial charge >= 0.3 is 0 Å². The van der Waals surface area contributed by atoms with Gasteiger partial charge in [0.2, 0.25) is 0 Å². The Morgan fingerprint density at radius 2 is 2.00 bits per heavy atom. The minimum absolute atomic E-state index is 0.239. The Labute approximate surface area is 121 Å². The molecule has 1 atom stereocenters. The van der Waals surface area contributed by atoms with Crippen LogP contribution in [0, 0.1) is 17.1 Å². The van der Waals surface area contributed by atoms with Gasteiger partial charge < -0.3 is 0 Å². The third-order valence-electron chi connectivity index (χ3n) is 4.07. The van der Waals surface area contributed by atoms with Crippen molar-refractivity contribution < 1.29 is 4.39 Å². The fourth-order valence-electron chi connectivity index (χ4n) is 3.05. The first-order valence-corrected chi connectivity index (χ1v) is 7.55. The maximum atomic E-state index is 13.3. The third-order valence-corrected chi connectivity index (χ3v) is 4.07. The Kier molecular flexibility index (Phi) is 5.14. The predicted octanol–water partition coefficient (Wildman–Crippen LogP) is 3.96. The van der Waals surface area contributed by atoms with Gasteiger partial charge in [0.05, 0.1) is 6.07 Å². The van der Waals surface area contributed by atoms with Crippen molar-refractivity contribution >= 4 is 0 Å². The highest BCUT2D eigenvalue weighted by Gasteiger charge is 2.28. The second kappa shape index (κ2) is 6.85. The highest BCUT2D eigenvalue weighted by molar-refractivity contribution is 5.22. The van der Waals surface area contributed by atoms with Crippen molar-refractivity contribution in [2.24, 2.45) is 0 Å². The van der Waals surface area contributed by atoms with Gasteiger partial charge in [0, 0.05) is 12.5 Å². The zero-order valence-corrected chi connectivity index (χ0v) is 12.2. The van der Waals surface area contributed by atoms with E-state index in [-0.39, 0.29) is 5.82 Å². The van der Waals surface area contributed by atoms with Crippen molar-refractivity contribution in [3.05, 3.63) is 35.6 Å². The topological polar surface area (TPSA) is 35.8 Å². The summed E-state index contributed by atoms with van der Waals surface area (Å²) in [5.41, 5.74) is 0.248. The first-order chi connectivity index (χ1) is 9.61. The van der Waals surface area contributed by atoms with Crippen LogP contribution in [0.4, 0.5) is 4.39 Å². The second-order valence-electron chi connectivity index (χ2n) is 6.08. The van der Waals surface area contributed by atoms with Crippen molar-refractivity contribution in [2.45, 2.75) is 63.5 Å². The van der Waals surface area contributed by atoms with E-state index in [0.717, 1.165) is 18.4 Å². The first kappa shape index (κ1) is 15.0. The lowest BCUT2D eigenvalue weighted by Gasteiger charge is -2.29. The summed E-state index contributed by atoms with van der Waals surface area (Å²) in [4.78, 5) is 0. The summed E-state index contributed by atoms with van der Waals surface area (Å²) in [5.74, 6) is -0.239. The largest absolute Gasteiger partial charge is 0.297 e. The normalized spacial score (nSPS) is 19.9. The number of nitrogens with zero attached hydrogens (tertiary/aromatic N) is 1. The van der Waals surface area contributed by atoms with Gasteiger partial charge in [-0.05, 0) is 37.5 Å². The van der Waals surface area contributed by atoms with Gasteiger partial charge in [-0.1, -0.05) is 37.8 Å². The highest BCUT2D eigenvalue weighted by Crippen LogP contribution is 2.21. The summed E-state index contributed by atoms with van der Waals surface area (Å²) in [6.45, 7) is 1.92. The molecular formula is C17H23FN2. The molecule has 1 saturated carbocycles. The fourth-order valence-corrected chi connectivity index (χ4v) is 3.05. The van der Waals surface area contributed by atoms with Crippen LogP contribution < -0.4 is 5.32 Å². The Hall–Kier alpha value is -1.40. The van der Waals surface area contributed by atoms with Crippen LogP contribution in [0.2, 0.25) is 0 Å². The van der Waals surface area contributed by atoms with Gasteiger partial charge in [0.25, 0.3) is 0 Å². The lowest BCUT2D eigenvalue weighted by atomic mass is 9.92. The molecule has 1 N–H and O–H groups in total. The van der Waals surface area contributed by atoms with Crippen LogP contribution in [0.3, 0.4) is 0 Å². The monoisotopic (exact) mass is 274 g/mol. The van der Waals surface area contributed by atoms with Crippen molar-refractivity contribution in [1.29, 1.82) is 5.26 Å². The number of hydrogen-bond donors (Lipinski definition) is 1. The lowest BCUT2D eigenvalue weighted by Crippen LogP contribution is -2.48. The first-order valence-electron chi connectivity index (χ1n) is 7.55. The number of hydrogen-bond acceptors (Lipinski definition) is 2. The molecule has 2 nitrogen and oxygen atoms in total. The molecule has 0 radical (unpaired) electrons. The molecule has 2 rings (SSSR count). The number of rotatable bonds is 4. The molecule has 0 aliphatic heterocycles. The van der Waals surface area contributed by atoms with Crippen molar-refractivity contribution in [3.63, 3.8) is 0 Å². The summed E-state index contributed by atoms with van der Waals surface area (Å²) < 4.78 is 13.3. The van der Waals surface area contributed by atoms with E-state index in [1.165, 1.54) is 37.8 Å². The molecule has 1 aliphatic carbocycles. The molecule has 0 aromatic heterocycles. The summed E-state index contributed by atoms with van der Waals surface area (Å²) in [6.07, 6.45) is 7.88. The maximum absolute atomic E-state index is 13.3. The summed E-state index contributed by atoms with van der Waals surface area (Å²) in [7, 11) is 0. The zero-order chi connectivity index (χ0) is 14.4. The van der Waals surface area contributed by atoms with Crippen LogP contribution in [-0.4, -0.2) is 11.6 Å². The third kappa shape index (κ3) is 4.31. The molecule has 0 heterocycles. The van der Waals surface area contributed by atoms with Gasteiger partial charge in [0.15, 0.2) is 0 Å². The quantitative estimate of drug-likeness (QED) is 0.843. The fraction of sp³-hybridized carbons (Fsp3) is 0.588. The molecule has 0 amide bonds. The van der Waals surface area contributed by atoms with Crippen molar-refractivity contribution in [1.82, 2.24) is 5.32 Å². The van der Waals surface area contributed by atoms with E-state index in [0.29, 0.717) is 12.5 Å². The molecule has 1 aliphatic rings. The van der Waals surface area contributed by atoms with Crippen molar-refractivity contribution in [3.8, 4) is 6.07 Å². The van der Waals surface area contributed by atoms with E-state index >= 15 is 0 Å². The minimum atomic E-state index is -0.622. The van der Waals surface area contributed by atoms with E-state index in [9.17, 15) is 9.65 Å². The Morgan fingerprint density at radius 1 is 1.30 bits per heavy atom. The number of halogens is 1. The number of nitriles is 1. The molecule has 1 aromatic carbocycles. The van der Waals surface area contributed by atoms with E-state index < -0.39 is 5.54 Å². The Bertz CT molecular complexity index is 472. The van der Waals surface area contributed by atoms with Crippen LogP contribution in [0.15, 0.2) is 24.3 Å². The van der Waals surface area contributed by atoms with Gasteiger partial charge in [-0.3, -0.25) is 5.32 Å². The number of benzene rings is 1. The summed E-state index contributed by atoms with van der Waals surface area (Å²) >= 11 is 0. The van der Waals surface area contributed by atoms with E-state index in [4.69, 9.17) is 0 Å². The standard InChI is InChI=1S/C17H23FN2/c1-17(13-19,12-14-7-6-8-15(18)11-14)20-16-9-4-2-3-5-10-16/h6-8,11,16,20H,2-5,9-10,12H2,1H3. The molecule has 1 fully saturated rings. The maximum Gasteiger partial charge on any atom is 0.123 e.